The van der Waals surface area contributed by atoms with Gasteiger partial charge in [-0.05, 0) is 25.5 Å². The first kappa shape index (κ1) is 15.5. The van der Waals surface area contributed by atoms with Crippen LogP contribution < -0.4 is 10.6 Å². The van der Waals surface area contributed by atoms with Gasteiger partial charge in [0.05, 0.1) is 13.0 Å². The number of aryl methyl sites for hydroxylation is 1. The van der Waals surface area contributed by atoms with E-state index >= 15 is 0 Å². The second-order valence-electron chi connectivity index (χ2n) is 4.46. The molecule has 0 aliphatic heterocycles. The fourth-order valence-electron chi connectivity index (χ4n) is 1.59. The van der Waals surface area contributed by atoms with E-state index in [1.165, 1.54) is 6.92 Å². The maximum absolute atomic E-state index is 12.1. The minimum Gasteiger partial charge on any atom is -0.325 e. The molecule has 0 aliphatic rings. The van der Waals surface area contributed by atoms with Gasteiger partial charge in [-0.3, -0.25) is 4.79 Å². The first-order chi connectivity index (χ1) is 8.78. The van der Waals surface area contributed by atoms with Crippen LogP contribution in [0, 0.1) is 6.92 Å². The standard InChI is InChI=1S/C13H17F3N2O/c1-9-5-3-4-6-11(9)18-12(19)8-17-10(2)7-13(14,15)16/h3-6,10,17H,7-8H2,1-2H3,(H,18,19). The summed E-state index contributed by atoms with van der Waals surface area (Å²) in [4.78, 5) is 11.6. The summed E-state index contributed by atoms with van der Waals surface area (Å²) in [7, 11) is 0. The monoisotopic (exact) mass is 274 g/mol. The van der Waals surface area contributed by atoms with Gasteiger partial charge in [0.2, 0.25) is 5.91 Å². The molecule has 2 N–H and O–H groups in total. The van der Waals surface area contributed by atoms with Crippen molar-refractivity contribution < 1.29 is 18.0 Å². The smallest absolute Gasteiger partial charge is 0.325 e. The Morgan fingerprint density at radius 3 is 2.53 bits per heavy atom. The van der Waals surface area contributed by atoms with E-state index in [4.69, 9.17) is 0 Å². The zero-order valence-corrected chi connectivity index (χ0v) is 10.8. The van der Waals surface area contributed by atoms with Gasteiger partial charge in [0.15, 0.2) is 0 Å². The van der Waals surface area contributed by atoms with E-state index in [0.29, 0.717) is 5.69 Å². The fraction of sp³-hybridized carbons (Fsp3) is 0.462. The summed E-state index contributed by atoms with van der Waals surface area (Å²) in [6.45, 7) is 3.09. The van der Waals surface area contributed by atoms with Crippen LogP contribution in [0.25, 0.3) is 0 Å². The molecule has 1 unspecified atom stereocenters. The van der Waals surface area contributed by atoms with Gasteiger partial charge in [-0.25, -0.2) is 0 Å². The van der Waals surface area contributed by atoms with Crippen LogP contribution in [0.5, 0.6) is 0 Å². The number of carbonyl (C=O) groups is 1. The molecule has 1 amide bonds. The average molecular weight is 274 g/mol. The Kier molecular flexibility index (Phi) is 5.35. The molecule has 0 bridgehead atoms. The van der Waals surface area contributed by atoms with Crippen molar-refractivity contribution in [1.82, 2.24) is 5.32 Å². The summed E-state index contributed by atoms with van der Waals surface area (Å²) in [5.41, 5.74) is 1.57. The molecule has 1 aromatic rings. The molecule has 0 heterocycles. The van der Waals surface area contributed by atoms with Crippen LogP contribution in [0.1, 0.15) is 18.9 Å². The lowest BCUT2D eigenvalue weighted by atomic mass is 10.2. The molecular weight excluding hydrogens is 257 g/mol. The molecule has 0 aliphatic carbocycles. The molecule has 1 rings (SSSR count). The van der Waals surface area contributed by atoms with Crippen molar-refractivity contribution >= 4 is 11.6 Å². The van der Waals surface area contributed by atoms with Gasteiger partial charge >= 0.3 is 6.18 Å². The van der Waals surface area contributed by atoms with Crippen molar-refractivity contribution in [3.8, 4) is 0 Å². The van der Waals surface area contributed by atoms with E-state index in [1.807, 2.05) is 19.1 Å². The number of para-hydroxylation sites is 1. The maximum Gasteiger partial charge on any atom is 0.390 e. The van der Waals surface area contributed by atoms with Gasteiger partial charge in [-0.2, -0.15) is 13.2 Å². The van der Waals surface area contributed by atoms with Crippen molar-refractivity contribution in [3.63, 3.8) is 0 Å². The summed E-state index contributed by atoms with van der Waals surface area (Å²) in [6.07, 6.45) is -5.18. The lowest BCUT2D eigenvalue weighted by Crippen LogP contribution is -2.37. The minimum atomic E-state index is -4.22. The maximum atomic E-state index is 12.1. The Hall–Kier alpha value is -1.56. The molecule has 0 aromatic heterocycles. The van der Waals surface area contributed by atoms with Gasteiger partial charge in [0.25, 0.3) is 0 Å². The van der Waals surface area contributed by atoms with Gasteiger partial charge in [-0.1, -0.05) is 18.2 Å². The highest BCUT2D eigenvalue weighted by atomic mass is 19.4. The van der Waals surface area contributed by atoms with E-state index in [0.717, 1.165) is 5.56 Å². The number of anilines is 1. The Balaban J connectivity index is 2.38. The van der Waals surface area contributed by atoms with E-state index in [1.54, 1.807) is 12.1 Å². The second-order valence-corrected chi connectivity index (χ2v) is 4.46. The van der Waals surface area contributed by atoms with Crippen LogP contribution in [0.2, 0.25) is 0 Å². The lowest BCUT2D eigenvalue weighted by molar-refractivity contribution is -0.139. The lowest BCUT2D eigenvalue weighted by Gasteiger charge is -2.15. The topological polar surface area (TPSA) is 41.1 Å². The van der Waals surface area contributed by atoms with Gasteiger partial charge in [0, 0.05) is 11.7 Å². The number of hydrogen-bond donors (Lipinski definition) is 2. The molecule has 0 spiro atoms. The molecule has 3 nitrogen and oxygen atoms in total. The number of rotatable bonds is 5. The van der Waals surface area contributed by atoms with Crippen LogP contribution in [0.4, 0.5) is 18.9 Å². The Morgan fingerprint density at radius 2 is 1.95 bits per heavy atom. The van der Waals surface area contributed by atoms with Gasteiger partial charge < -0.3 is 10.6 Å². The Labute approximate surface area is 110 Å². The highest BCUT2D eigenvalue weighted by Gasteiger charge is 2.29. The first-order valence-electron chi connectivity index (χ1n) is 5.93. The molecular formula is C13H17F3N2O. The van der Waals surface area contributed by atoms with Crippen molar-refractivity contribution in [1.29, 1.82) is 0 Å². The number of benzene rings is 1. The number of alkyl halides is 3. The summed E-state index contributed by atoms with van der Waals surface area (Å²) >= 11 is 0. The summed E-state index contributed by atoms with van der Waals surface area (Å²) < 4.78 is 36.3. The van der Waals surface area contributed by atoms with E-state index in [9.17, 15) is 18.0 Å². The molecule has 0 saturated carbocycles. The third-order valence-corrected chi connectivity index (χ3v) is 2.57. The number of halogens is 3. The van der Waals surface area contributed by atoms with Crippen LogP contribution >= 0.6 is 0 Å². The molecule has 0 fully saturated rings. The van der Waals surface area contributed by atoms with Crippen LogP contribution in [-0.2, 0) is 4.79 Å². The number of amides is 1. The highest BCUT2D eigenvalue weighted by molar-refractivity contribution is 5.92. The van der Waals surface area contributed by atoms with E-state index in [2.05, 4.69) is 10.6 Å². The molecule has 0 radical (unpaired) electrons. The van der Waals surface area contributed by atoms with Crippen molar-refractivity contribution in [2.75, 3.05) is 11.9 Å². The Morgan fingerprint density at radius 1 is 1.32 bits per heavy atom. The third-order valence-electron chi connectivity index (χ3n) is 2.57. The molecule has 1 atom stereocenters. The molecule has 19 heavy (non-hydrogen) atoms. The normalized spacial score (nSPS) is 13.1. The van der Waals surface area contributed by atoms with E-state index in [-0.39, 0.29) is 12.5 Å². The number of hydrogen-bond acceptors (Lipinski definition) is 2. The summed E-state index contributed by atoms with van der Waals surface area (Å²) in [5, 5.41) is 5.19. The molecule has 1 aromatic carbocycles. The fourth-order valence-corrected chi connectivity index (χ4v) is 1.59. The van der Waals surface area contributed by atoms with Gasteiger partial charge in [-0.15, -0.1) is 0 Å². The largest absolute Gasteiger partial charge is 0.390 e. The minimum absolute atomic E-state index is 0.147. The third kappa shape index (κ3) is 6.24. The zero-order valence-electron chi connectivity index (χ0n) is 10.8. The second kappa shape index (κ2) is 6.56. The Bertz CT molecular complexity index is 432. The average Bonchev–Trinajstić information content (AvgIpc) is 2.27. The molecule has 106 valence electrons. The summed E-state index contributed by atoms with van der Waals surface area (Å²) in [6, 6.07) is 6.42. The van der Waals surface area contributed by atoms with Crippen LogP contribution in [-0.4, -0.2) is 24.7 Å². The first-order valence-corrected chi connectivity index (χ1v) is 5.93. The number of nitrogens with one attached hydrogen (secondary N) is 2. The van der Waals surface area contributed by atoms with Crippen LogP contribution in [0.15, 0.2) is 24.3 Å². The molecule has 6 heteroatoms. The quantitative estimate of drug-likeness (QED) is 0.867. The summed E-state index contributed by atoms with van der Waals surface area (Å²) in [5.74, 6) is -0.358. The van der Waals surface area contributed by atoms with Crippen molar-refractivity contribution in [2.45, 2.75) is 32.5 Å². The van der Waals surface area contributed by atoms with Crippen molar-refractivity contribution in [2.24, 2.45) is 0 Å². The van der Waals surface area contributed by atoms with Crippen molar-refractivity contribution in [3.05, 3.63) is 29.8 Å². The van der Waals surface area contributed by atoms with E-state index < -0.39 is 18.6 Å². The molecule has 0 saturated heterocycles. The predicted molar refractivity (Wildman–Crippen MR) is 67.9 cm³/mol. The number of carbonyl (C=O) groups excluding carboxylic acids is 1. The SMILES string of the molecule is Cc1ccccc1NC(=O)CNC(C)CC(F)(F)F. The highest BCUT2D eigenvalue weighted by Crippen LogP contribution is 2.21. The van der Waals surface area contributed by atoms with Crippen LogP contribution in [0.3, 0.4) is 0 Å². The predicted octanol–water partition coefficient (Wildman–Crippen LogP) is 2.86. The zero-order chi connectivity index (χ0) is 14.5. The van der Waals surface area contributed by atoms with Gasteiger partial charge in [0.1, 0.15) is 0 Å².